The van der Waals surface area contributed by atoms with E-state index in [1.807, 2.05) is 0 Å². The number of carbonyl (C=O) groups excluding carboxylic acids is 15. The SMILES string of the molecule is CC(OC(=O)C=CC(=O)O)N1CCCCCC1=O.COC(=O)C=CC(=O)NCCN1CCCCCC1=O.COC(=O)C=CC(=O)OC(C)N1CCCCCC1=O.COC(=O)C=CC(=O)OCCN1CCCCCC1=O.O=C(O)C=CC(=O)NCCN1CCCCCC1=O.O=C(O)C=CC(=O)OCCN1CCCCCC1=O. The van der Waals surface area contributed by atoms with Crippen LogP contribution in [-0.2, 0) is 119 Å². The number of nitrogens with one attached hydrogen (secondary N) is 2. The molecule has 36 nitrogen and oxygen atoms in total. The number of methoxy groups -OCH3 is 3. The van der Waals surface area contributed by atoms with Crippen molar-refractivity contribution in [3.63, 3.8) is 0 Å². The number of nitrogens with zero attached hydrogens (tertiary/aromatic N) is 6. The van der Waals surface area contributed by atoms with Crippen LogP contribution in [0.15, 0.2) is 72.9 Å². The zero-order valence-electron chi connectivity index (χ0n) is 64.2. The summed E-state index contributed by atoms with van der Waals surface area (Å²) >= 11 is 0. The number of ether oxygens (including phenoxy) is 7. The van der Waals surface area contributed by atoms with Gasteiger partial charge in [-0.05, 0) is 90.9 Å². The van der Waals surface area contributed by atoms with Crippen molar-refractivity contribution in [2.75, 3.05) is 113 Å². The van der Waals surface area contributed by atoms with E-state index in [9.17, 15) is 86.3 Å². The van der Waals surface area contributed by atoms with Gasteiger partial charge < -0.3 is 88.5 Å². The first-order valence-electron chi connectivity index (χ1n) is 37.0. The number of esters is 7. The van der Waals surface area contributed by atoms with Gasteiger partial charge in [0.25, 0.3) is 0 Å². The van der Waals surface area contributed by atoms with Gasteiger partial charge in [-0.2, -0.15) is 0 Å². The minimum absolute atomic E-state index is 0.00486. The van der Waals surface area contributed by atoms with E-state index >= 15 is 0 Å². The van der Waals surface area contributed by atoms with E-state index in [1.165, 1.54) is 26.2 Å². The lowest BCUT2D eigenvalue weighted by Gasteiger charge is -2.27. The molecule has 0 aromatic rings. The summed E-state index contributed by atoms with van der Waals surface area (Å²) in [7, 11) is 3.69. The first-order chi connectivity index (χ1) is 53.0. The zero-order valence-corrected chi connectivity index (χ0v) is 64.2. The minimum Gasteiger partial charge on any atom is -0.478 e. The molecule has 0 radical (unpaired) electrons. The highest BCUT2D eigenvalue weighted by Gasteiger charge is 2.27. The molecule has 0 aromatic carbocycles. The smallest absolute Gasteiger partial charge is 0.332 e. The van der Waals surface area contributed by atoms with Gasteiger partial charge in [0.05, 0.1) is 34.4 Å². The number of carboxylic acids is 3. The van der Waals surface area contributed by atoms with Crippen molar-refractivity contribution < 1.29 is 135 Å². The summed E-state index contributed by atoms with van der Waals surface area (Å²) in [5.74, 6) is -8.54. The molecule has 2 unspecified atom stereocenters. The van der Waals surface area contributed by atoms with Gasteiger partial charge in [0.1, 0.15) is 13.2 Å². The number of likely N-dealkylation sites (tertiary alicyclic amines) is 6. The quantitative estimate of drug-likeness (QED) is 0.0425. The molecule has 8 amide bonds. The number of carboxylic acid groups (broad SMARTS) is 3. The molecule has 0 spiro atoms. The lowest BCUT2D eigenvalue weighted by molar-refractivity contribution is -0.160. The fourth-order valence-electron chi connectivity index (χ4n) is 10.8. The fraction of sp³-hybridized carbons (Fsp3) is 0.600. The summed E-state index contributed by atoms with van der Waals surface area (Å²) in [6.45, 7) is 10.0. The first-order valence-corrected chi connectivity index (χ1v) is 37.0. The summed E-state index contributed by atoms with van der Waals surface area (Å²) in [6.07, 6.45) is 30.4. The molecule has 111 heavy (non-hydrogen) atoms. The summed E-state index contributed by atoms with van der Waals surface area (Å²) in [4.78, 5) is 211. The Morgan fingerprint density at radius 1 is 0.315 bits per heavy atom. The fourth-order valence-corrected chi connectivity index (χ4v) is 10.8. The highest BCUT2D eigenvalue weighted by molar-refractivity contribution is 5.96. The number of carbonyl (C=O) groups is 18. The maximum Gasteiger partial charge on any atom is 0.332 e. The Bertz CT molecular complexity index is 3120. The van der Waals surface area contributed by atoms with Gasteiger partial charge in [-0.3, -0.25) is 38.4 Å². The zero-order chi connectivity index (χ0) is 82.7. The van der Waals surface area contributed by atoms with Crippen molar-refractivity contribution in [1.29, 1.82) is 0 Å². The van der Waals surface area contributed by atoms with Crippen molar-refractivity contribution in [3.05, 3.63) is 72.9 Å². The summed E-state index contributed by atoms with van der Waals surface area (Å²) in [6, 6.07) is 0. The van der Waals surface area contributed by atoms with Gasteiger partial charge >= 0.3 is 59.7 Å². The Balaban J connectivity index is 0.000000666. The van der Waals surface area contributed by atoms with Crippen LogP contribution in [0, 0.1) is 0 Å². The summed E-state index contributed by atoms with van der Waals surface area (Å²) < 4.78 is 32.8. The molecule has 2 atom stereocenters. The Hall–Kier alpha value is -11.1. The van der Waals surface area contributed by atoms with Gasteiger partial charge in [-0.25, -0.2) is 47.9 Å². The van der Waals surface area contributed by atoms with Crippen molar-refractivity contribution >= 4 is 107 Å². The minimum atomic E-state index is -1.22. The molecular formula is C75H110N8O28. The molecule has 618 valence electrons. The second kappa shape index (κ2) is 59.8. The van der Waals surface area contributed by atoms with E-state index in [0.29, 0.717) is 110 Å². The van der Waals surface area contributed by atoms with Crippen LogP contribution < -0.4 is 10.6 Å². The third-order valence-corrected chi connectivity index (χ3v) is 16.7. The molecule has 6 aliphatic heterocycles. The highest BCUT2D eigenvalue weighted by atomic mass is 16.6. The normalized spacial score (nSPS) is 17.1. The van der Waals surface area contributed by atoms with E-state index in [0.717, 1.165) is 196 Å². The van der Waals surface area contributed by atoms with Crippen molar-refractivity contribution in [2.24, 2.45) is 0 Å². The lowest BCUT2D eigenvalue weighted by Crippen LogP contribution is -2.40. The number of hydrogen-bond donors (Lipinski definition) is 5. The molecule has 6 heterocycles. The van der Waals surface area contributed by atoms with Crippen LogP contribution >= 0.6 is 0 Å². The Morgan fingerprint density at radius 3 is 0.874 bits per heavy atom. The first kappa shape index (κ1) is 97.9. The monoisotopic (exact) mass is 1570 g/mol. The summed E-state index contributed by atoms with van der Waals surface area (Å²) in [5.41, 5.74) is 0. The van der Waals surface area contributed by atoms with Gasteiger partial charge in [-0.15, -0.1) is 0 Å². The van der Waals surface area contributed by atoms with Crippen LogP contribution in [0.3, 0.4) is 0 Å². The van der Waals surface area contributed by atoms with E-state index in [4.69, 9.17) is 34.3 Å². The van der Waals surface area contributed by atoms with E-state index in [2.05, 4.69) is 24.8 Å². The standard InChI is InChI=1S/C13H20N2O4.2C13H19NO5.C12H18N2O4.2C12H17NO5/c1-19-13(18)7-6-11(16)14-8-10-15-9-4-2-3-5-12(15)17;1-10(14-9-5-3-4-6-11(14)15)19-13(17)8-7-12(16)18-2;1-18-12(16)6-7-13(17)19-10-9-14-8-4-2-3-5-11(14)15;15-10(5-6-12(17)18)13-7-9-14-8-3-1-2-4-11(14)16;1-9(18-12(17)7-6-11(15)16)13-8-4-2-3-5-10(13)14;14-10-4-2-1-3-7-13(10)8-9-18-12(17)6-5-11(15)16/h6-7H,2-5,8-10H2,1H3,(H,14,16);7-8,10H,3-6,9H2,1-2H3;6-7H,2-5,8-10H2,1H3;5-6H,1-4,7-9H2,(H,13,15)(H,17,18);6-7,9H,2-5,8H2,1H3,(H,15,16);5-6H,1-4,7-9H2,(H,15,16). The van der Waals surface area contributed by atoms with Crippen LogP contribution in [0.2, 0.25) is 0 Å². The molecule has 6 aliphatic rings. The maximum atomic E-state index is 11.8. The molecule has 6 fully saturated rings. The van der Waals surface area contributed by atoms with Gasteiger partial charge in [0, 0.05) is 177 Å². The molecule has 0 saturated carbocycles. The predicted octanol–water partition coefficient (Wildman–Crippen LogP) is 3.54. The van der Waals surface area contributed by atoms with Gasteiger partial charge in [0.15, 0.2) is 12.5 Å². The second-order valence-electron chi connectivity index (χ2n) is 25.1. The Kier molecular flexibility index (Phi) is 52.7. The molecular weight excluding hydrogens is 1460 g/mol. The van der Waals surface area contributed by atoms with Crippen molar-refractivity contribution in [3.8, 4) is 0 Å². The van der Waals surface area contributed by atoms with E-state index < -0.39 is 78.1 Å². The highest BCUT2D eigenvalue weighted by Crippen LogP contribution is 2.18. The molecule has 6 saturated heterocycles. The van der Waals surface area contributed by atoms with Crippen LogP contribution in [0.5, 0.6) is 0 Å². The molecule has 0 aliphatic carbocycles. The Labute approximate surface area is 645 Å². The van der Waals surface area contributed by atoms with Crippen LogP contribution in [0.1, 0.15) is 168 Å². The van der Waals surface area contributed by atoms with Crippen LogP contribution in [0.4, 0.5) is 0 Å². The maximum absolute atomic E-state index is 11.8. The van der Waals surface area contributed by atoms with Gasteiger partial charge in [0.2, 0.25) is 47.3 Å². The predicted molar refractivity (Wildman–Crippen MR) is 393 cm³/mol. The van der Waals surface area contributed by atoms with Crippen molar-refractivity contribution in [2.45, 2.75) is 180 Å². The van der Waals surface area contributed by atoms with Crippen LogP contribution in [-0.4, -0.2) is 277 Å². The molecule has 0 aromatic heterocycles. The van der Waals surface area contributed by atoms with Gasteiger partial charge in [-0.1, -0.05) is 38.5 Å². The lowest BCUT2D eigenvalue weighted by atomic mass is 10.2. The molecule has 5 N–H and O–H groups in total. The van der Waals surface area contributed by atoms with Crippen LogP contribution in [0.25, 0.3) is 0 Å². The third kappa shape index (κ3) is 49.5. The number of amides is 8. The average Bonchev–Trinajstić information content (AvgIpc) is 1.88. The number of rotatable bonds is 28. The van der Waals surface area contributed by atoms with E-state index in [1.54, 1.807) is 38.3 Å². The number of aliphatic carboxylic acids is 3. The molecule has 6 rings (SSSR count). The average molecular weight is 1570 g/mol. The topological polar surface area (TPSA) is 476 Å². The second-order valence-corrected chi connectivity index (χ2v) is 25.1. The summed E-state index contributed by atoms with van der Waals surface area (Å²) in [5, 5.41) is 30.2. The third-order valence-electron chi connectivity index (χ3n) is 16.7. The molecule has 0 bridgehead atoms. The number of hydrogen-bond acceptors (Lipinski definition) is 25. The van der Waals surface area contributed by atoms with Crippen molar-refractivity contribution in [1.82, 2.24) is 40.0 Å². The molecule has 36 heteroatoms. The largest absolute Gasteiger partial charge is 0.478 e. The van der Waals surface area contributed by atoms with E-state index in [-0.39, 0.29) is 54.6 Å². The Morgan fingerprint density at radius 2 is 0.559 bits per heavy atom.